The van der Waals surface area contributed by atoms with Gasteiger partial charge in [0.1, 0.15) is 0 Å². The molecular formula is C8H17ClO2. The highest BCUT2D eigenvalue weighted by Gasteiger charge is 2.16. The van der Waals surface area contributed by atoms with E-state index in [-0.39, 0.29) is 5.92 Å². The lowest BCUT2D eigenvalue weighted by molar-refractivity contribution is -0.0611. The first kappa shape index (κ1) is 11.2. The van der Waals surface area contributed by atoms with E-state index in [9.17, 15) is 5.11 Å². The summed E-state index contributed by atoms with van der Waals surface area (Å²) >= 11 is 5.05. The van der Waals surface area contributed by atoms with Crippen molar-refractivity contribution in [1.29, 1.82) is 0 Å². The molecule has 0 bridgehead atoms. The minimum absolute atomic E-state index is 0.187. The van der Waals surface area contributed by atoms with Gasteiger partial charge in [0.25, 0.3) is 0 Å². The molecule has 0 saturated heterocycles. The minimum atomic E-state index is -0.798. The number of halogens is 1. The second-order valence-electron chi connectivity index (χ2n) is 2.79. The zero-order chi connectivity index (χ0) is 8.69. The van der Waals surface area contributed by atoms with Crippen LogP contribution in [0.3, 0.4) is 0 Å². The Morgan fingerprint density at radius 3 is 2.45 bits per heavy atom. The largest absolute Gasteiger partial charge is 0.366 e. The van der Waals surface area contributed by atoms with E-state index in [1.54, 1.807) is 0 Å². The summed E-state index contributed by atoms with van der Waals surface area (Å²) in [6.07, 6.45) is 3.36. The van der Waals surface area contributed by atoms with E-state index >= 15 is 0 Å². The van der Waals surface area contributed by atoms with Crippen LogP contribution in [0.4, 0.5) is 0 Å². The molecule has 3 heteroatoms. The second-order valence-corrected chi connectivity index (χ2v) is 2.97. The standard InChI is InChI=1S/C8H17ClO2/c1-3-5-6-7(4-2)8(10)11-9/h7-8,10H,3-6H2,1-2H3. The summed E-state index contributed by atoms with van der Waals surface area (Å²) in [5.41, 5.74) is 0. The van der Waals surface area contributed by atoms with E-state index in [1.165, 1.54) is 0 Å². The van der Waals surface area contributed by atoms with Crippen molar-refractivity contribution >= 4 is 11.9 Å². The van der Waals surface area contributed by atoms with Gasteiger partial charge in [-0.15, -0.1) is 0 Å². The molecule has 0 spiro atoms. The van der Waals surface area contributed by atoms with Gasteiger partial charge in [-0.05, 0) is 12.8 Å². The number of aliphatic hydroxyl groups is 1. The number of aliphatic hydroxyl groups excluding tert-OH is 1. The summed E-state index contributed by atoms with van der Waals surface area (Å²) in [5.74, 6) is 0.187. The Morgan fingerprint density at radius 2 is 2.09 bits per heavy atom. The van der Waals surface area contributed by atoms with Gasteiger partial charge in [-0.2, -0.15) is 0 Å². The molecule has 0 aliphatic rings. The van der Waals surface area contributed by atoms with Crippen molar-refractivity contribution in [2.24, 2.45) is 5.92 Å². The van der Waals surface area contributed by atoms with Gasteiger partial charge in [0, 0.05) is 5.92 Å². The zero-order valence-corrected chi connectivity index (χ0v) is 7.97. The quantitative estimate of drug-likeness (QED) is 0.637. The van der Waals surface area contributed by atoms with E-state index in [0.29, 0.717) is 0 Å². The molecular weight excluding hydrogens is 164 g/mol. The molecule has 0 aliphatic carbocycles. The van der Waals surface area contributed by atoms with Gasteiger partial charge in [-0.3, -0.25) is 0 Å². The molecule has 0 aliphatic heterocycles. The Hall–Kier alpha value is 0.210. The first-order chi connectivity index (χ1) is 5.26. The molecule has 0 rings (SSSR count). The number of rotatable bonds is 6. The van der Waals surface area contributed by atoms with Gasteiger partial charge in [0.15, 0.2) is 6.29 Å². The van der Waals surface area contributed by atoms with Crippen LogP contribution in [0.2, 0.25) is 0 Å². The van der Waals surface area contributed by atoms with Crippen LogP contribution in [0, 0.1) is 5.92 Å². The van der Waals surface area contributed by atoms with Crippen LogP contribution in [0.1, 0.15) is 39.5 Å². The number of hydrogen-bond acceptors (Lipinski definition) is 2. The first-order valence-electron chi connectivity index (χ1n) is 4.21. The topological polar surface area (TPSA) is 29.5 Å². The van der Waals surface area contributed by atoms with E-state index in [1.807, 2.05) is 6.92 Å². The van der Waals surface area contributed by atoms with Crippen LogP contribution in [0.25, 0.3) is 0 Å². The fraction of sp³-hybridized carbons (Fsp3) is 1.00. The third-order valence-corrected chi connectivity index (χ3v) is 2.13. The van der Waals surface area contributed by atoms with Crippen molar-refractivity contribution in [3.63, 3.8) is 0 Å². The molecule has 0 saturated carbocycles. The predicted octanol–water partition coefficient (Wildman–Crippen LogP) is 2.69. The van der Waals surface area contributed by atoms with Crippen LogP contribution in [-0.2, 0) is 4.29 Å². The number of unbranched alkanes of at least 4 members (excludes halogenated alkanes) is 1. The van der Waals surface area contributed by atoms with Crippen molar-refractivity contribution < 1.29 is 9.40 Å². The maximum Gasteiger partial charge on any atom is 0.177 e. The van der Waals surface area contributed by atoms with E-state index in [4.69, 9.17) is 11.9 Å². The molecule has 11 heavy (non-hydrogen) atoms. The molecule has 0 amide bonds. The summed E-state index contributed by atoms with van der Waals surface area (Å²) < 4.78 is 4.33. The Labute approximate surface area is 73.7 Å². The van der Waals surface area contributed by atoms with E-state index < -0.39 is 6.29 Å². The molecule has 0 aromatic rings. The minimum Gasteiger partial charge on any atom is -0.366 e. The SMILES string of the molecule is CCCCC(CC)C(O)OCl. The number of hydrogen-bond donors (Lipinski definition) is 1. The molecule has 0 fully saturated rings. The molecule has 0 radical (unpaired) electrons. The molecule has 0 aromatic carbocycles. The van der Waals surface area contributed by atoms with Crippen LogP contribution in [0.15, 0.2) is 0 Å². The van der Waals surface area contributed by atoms with Gasteiger partial charge in [-0.25, -0.2) is 4.29 Å². The molecule has 2 unspecified atom stereocenters. The average Bonchev–Trinajstić information content (AvgIpc) is 2.05. The summed E-state index contributed by atoms with van der Waals surface area (Å²) in [5, 5.41) is 9.19. The summed E-state index contributed by atoms with van der Waals surface area (Å²) in [6.45, 7) is 4.15. The van der Waals surface area contributed by atoms with Crippen LogP contribution < -0.4 is 0 Å². The highest BCUT2D eigenvalue weighted by molar-refractivity contribution is 6.07. The zero-order valence-electron chi connectivity index (χ0n) is 7.22. The van der Waals surface area contributed by atoms with Crippen molar-refractivity contribution in [2.75, 3.05) is 0 Å². The molecule has 68 valence electrons. The van der Waals surface area contributed by atoms with Crippen molar-refractivity contribution in [1.82, 2.24) is 0 Å². The molecule has 0 heterocycles. The monoisotopic (exact) mass is 180 g/mol. The van der Waals surface area contributed by atoms with Gasteiger partial charge < -0.3 is 5.11 Å². The highest BCUT2D eigenvalue weighted by atomic mass is 35.5. The lowest BCUT2D eigenvalue weighted by Crippen LogP contribution is -2.19. The van der Waals surface area contributed by atoms with Gasteiger partial charge in [-0.1, -0.05) is 26.7 Å². The maximum atomic E-state index is 9.19. The average molecular weight is 181 g/mol. The van der Waals surface area contributed by atoms with Crippen LogP contribution >= 0.6 is 11.9 Å². The lowest BCUT2D eigenvalue weighted by Gasteiger charge is -2.17. The summed E-state index contributed by atoms with van der Waals surface area (Å²) in [4.78, 5) is 0. The Kier molecular flexibility index (Phi) is 7.02. The molecule has 2 atom stereocenters. The van der Waals surface area contributed by atoms with Crippen molar-refractivity contribution in [3.8, 4) is 0 Å². The molecule has 2 nitrogen and oxygen atoms in total. The first-order valence-corrected chi connectivity index (χ1v) is 4.52. The predicted molar refractivity (Wildman–Crippen MR) is 46.3 cm³/mol. The van der Waals surface area contributed by atoms with Gasteiger partial charge in [0.05, 0.1) is 11.9 Å². The fourth-order valence-corrected chi connectivity index (χ4v) is 1.23. The van der Waals surface area contributed by atoms with E-state index in [2.05, 4.69) is 11.2 Å². The van der Waals surface area contributed by atoms with E-state index in [0.717, 1.165) is 25.7 Å². The second kappa shape index (κ2) is 6.89. The summed E-state index contributed by atoms with van der Waals surface area (Å²) in [6, 6.07) is 0. The van der Waals surface area contributed by atoms with Crippen LogP contribution in [-0.4, -0.2) is 11.4 Å². The lowest BCUT2D eigenvalue weighted by atomic mass is 9.99. The Morgan fingerprint density at radius 1 is 1.45 bits per heavy atom. The normalized spacial score (nSPS) is 16.4. The van der Waals surface area contributed by atoms with Crippen molar-refractivity contribution in [2.45, 2.75) is 45.8 Å². The van der Waals surface area contributed by atoms with Crippen LogP contribution in [0.5, 0.6) is 0 Å². The smallest absolute Gasteiger partial charge is 0.177 e. The molecule has 0 aromatic heterocycles. The van der Waals surface area contributed by atoms with Crippen molar-refractivity contribution in [3.05, 3.63) is 0 Å². The Bertz CT molecular complexity index is 88.2. The highest BCUT2D eigenvalue weighted by Crippen LogP contribution is 2.18. The molecule has 1 N–H and O–H groups in total. The third-order valence-electron chi connectivity index (χ3n) is 1.95. The van der Waals surface area contributed by atoms with Gasteiger partial charge >= 0.3 is 0 Å². The third kappa shape index (κ3) is 4.62. The Balaban J connectivity index is 3.56. The maximum absolute atomic E-state index is 9.19. The van der Waals surface area contributed by atoms with Gasteiger partial charge in [0.2, 0.25) is 0 Å². The summed E-state index contributed by atoms with van der Waals surface area (Å²) in [7, 11) is 0. The fourth-order valence-electron chi connectivity index (χ4n) is 1.09.